The number of hydrogen-bond donors (Lipinski definition) is 2. The van der Waals surface area contributed by atoms with Crippen molar-refractivity contribution >= 4 is 11.6 Å². The fourth-order valence-corrected chi connectivity index (χ4v) is 2.26. The Balaban J connectivity index is 2.24. The fraction of sp³-hybridized carbons (Fsp3) is 0.278. The molecule has 0 saturated carbocycles. The van der Waals surface area contributed by atoms with E-state index >= 15 is 0 Å². The zero-order chi connectivity index (χ0) is 15.9. The Kier molecular flexibility index (Phi) is 5.42. The third-order valence-corrected chi connectivity index (χ3v) is 3.51. The van der Waals surface area contributed by atoms with E-state index in [9.17, 15) is 15.0 Å². The highest BCUT2D eigenvalue weighted by Crippen LogP contribution is 2.22. The van der Waals surface area contributed by atoms with Crippen molar-refractivity contribution in [2.45, 2.75) is 26.2 Å². The van der Waals surface area contributed by atoms with Gasteiger partial charge in [0.25, 0.3) is 5.91 Å². The van der Waals surface area contributed by atoms with Crippen LogP contribution in [0.3, 0.4) is 0 Å². The Hall–Kier alpha value is -2.49. The van der Waals surface area contributed by atoms with Crippen molar-refractivity contribution in [2.75, 3.05) is 11.4 Å². The first kappa shape index (κ1) is 15.9. The Morgan fingerprint density at radius 2 is 1.45 bits per heavy atom. The molecule has 2 aromatic carbocycles. The zero-order valence-corrected chi connectivity index (χ0v) is 12.7. The molecule has 116 valence electrons. The highest BCUT2D eigenvalue weighted by molar-refractivity contribution is 6.06. The highest BCUT2D eigenvalue weighted by atomic mass is 16.3. The predicted octanol–water partition coefficient (Wildman–Crippen LogP) is 3.93. The molecule has 0 bridgehead atoms. The standard InChI is InChI=1S/C18H21NO3/c1-2-3-4-13-19(15-7-11-17(21)12-8-15)18(22)14-5-9-16(20)10-6-14/h5-12,20-21H,2-4,13H2,1H3. The number of phenols is 2. The van der Waals surface area contributed by atoms with E-state index < -0.39 is 0 Å². The summed E-state index contributed by atoms with van der Waals surface area (Å²) < 4.78 is 0. The van der Waals surface area contributed by atoms with Crippen molar-refractivity contribution in [1.82, 2.24) is 0 Å². The minimum absolute atomic E-state index is 0.109. The number of carbonyl (C=O) groups is 1. The van der Waals surface area contributed by atoms with Crippen LogP contribution in [0.15, 0.2) is 48.5 Å². The third-order valence-electron chi connectivity index (χ3n) is 3.51. The summed E-state index contributed by atoms with van der Waals surface area (Å²) in [5.74, 6) is 0.204. The molecule has 2 aromatic rings. The van der Waals surface area contributed by atoms with Crippen molar-refractivity contribution in [3.05, 3.63) is 54.1 Å². The second-order valence-electron chi connectivity index (χ2n) is 5.23. The van der Waals surface area contributed by atoms with Crippen LogP contribution in [0.1, 0.15) is 36.5 Å². The summed E-state index contributed by atoms with van der Waals surface area (Å²) in [7, 11) is 0. The molecule has 22 heavy (non-hydrogen) atoms. The van der Waals surface area contributed by atoms with Crippen LogP contribution in [0.2, 0.25) is 0 Å². The van der Waals surface area contributed by atoms with E-state index in [4.69, 9.17) is 0 Å². The van der Waals surface area contributed by atoms with Crippen LogP contribution in [0, 0.1) is 0 Å². The van der Waals surface area contributed by atoms with E-state index in [-0.39, 0.29) is 17.4 Å². The number of nitrogens with zero attached hydrogens (tertiary/aromatic N) is 1. The molecule has 0 fully saturated rings. The molecule has 0 aliphatic rings. The Bertz CT molecular complexity index is 605. The number of hydrogen-bond acceptors (Lipinski definition) is 3. The first-order valence-electron chi connectivity index (χ1n) is 7.51. The van der Waals surface area contributed by atoms with Crippen LogP contribution in [0.4, 0.5) is 5.69 Å². The van der Waals surface area contributed by atoms with Gasteiger partial charge >= 0.3 is 0 Å². The highest BCUT2D eigenvalue weighted by Gasteiger charge is 2.17. The minimum atomic E-state index is -0.109. The molecule has 4 heteroatoms. The summed E-state index contributed by atoms with van der Waals surface area (Å²) >= 11 is 0. The first-order valence-corrected chi connectivity index (χ1v) is 7.51. The molecule has 0 aliphatic carbocycles. The molecule has 0 spiro atoms. The van der Waals surface area contributed by atoms with Crippen molar-refractivity contribution in [3.8, 4) is 11.5 Å². The first-order chi connectivity index (χ1) is 10.6. The zero-order valence-electron chi connectivity index (χ0n) is 12.7. The smallest absolute Gasteiger partial charge is 0.258 e. The molecule has 0 heterocycles. The van der Waals surface area contributed by atoms with E-state index in [0.717, 1.165) is 24.9 Å². The molecule has 2 N–H and O–H groups in total. The van der Waals surface area contributed by atoms with Gasteiger partial charge in [-0.1, -0.05) is 19.8 Å². The topological polar surface area (TPSA) is 60.8 Å². The van der Waals surface area contributed by atoms with Gasteiger partial charge in [0, 0.05) is 17.8 Å². The normalized spacial score (nSPS) is 10.4. The van der Waals surface area contributed by atoms with Gasteiger partial charge < -0.3 is 15.1 Å². The van der Waals surface area contributed by atoms with E-state index in [0.29, 0.717) is 12.1 Å². The van der Waals surface area contributed by atoms with Gasteiger partial charge in [0.1, 0.15) is 11.5 Å². The molecule has 0 aromatic heterocycles. The number of phenolic OH excluding ortho intramolecular Hbond substituents is 2. The van der Waals surface area contributed by atoms with Gasteiger partial charge in [-0.25, -0.2) is 0 Å². The quantitative estimate of drug-likeness (QED) is 0.794. The number of aromatic hydroxyl groups is 2. The number of rotatable bonds is 6. The second-order valence-corrected chi connectivity index (χ2v) is 5.23. The Morgan fingerprint density at radius 1 is 0.909 bits per heavy atom. The van der Waals surface area contributed by atoms with Gasteiger partial charge in [-0.05, 0) is 55.0 Å². The molecular weight excluding hydrogens is 278 g/mol. The maximum Gasteiger partial charge on any atom is 0.258 e. The van der Waals surface area contributed by atoms with E-state index in [2.05, 4.69) is 6.92 Å². The van der Waals surface area contributed by atoms with Crippen LogP contribution in [0.5, 0.6) is 11.5 Å². The predicted molar refractivity (Wildman–Crippen MR) is 87.4 cm³/mol. The minimum Gasteiger partial charge on any atom is -0.508 e. The average Bonchev–Trinajstić information content (AvgIpc) is 2.53. The van der Waals surface area contributed by atoms with Crippen molar-refractivity contribution in [3.63, 3.8) is 0 Å². The molecule has 0 saturated heterocycles. The van der Waals surface area contributed by atoms with E-state index in [1.807, 2.05) is 0 Å². The van der Waals surface area contributed by atoms with Crippen molar-refractivity contribution in [1.29, 1.82) is 0 Å². The molecule has 0 aliphatic heterocycles. The van der Waals surface area contributed by atoms with Gasteiger partial charge in [0.2, 0.25) is 0 Å². The average molecular weight is 299 g/mol. The monoisotopic (exact) mass is 299 g/mol. The maximum atomic E-state index is 12.7. The van der Waals surface area contributed by atoms with Gasteiger partial charge in [0.05, 0.1) is 0 Å². The second kappa shape index (κ2) is 7.50. The summed E-state index contributed by atoms with van der Waals surface area (Å²) in [5.41, 5.74) is 1.29. The SMILES string of the molecule is CCCCCN(C(=O)c1ccc(O)cc1)c1ccc(O)cc1. The number of amides is 1. The molecule has 2 rings (SSSR count). The molecule has 1 amide bonds. The van der Waals surface area contributed by atoms with E-state index in [1.54, 1.807) is 41.3 Å². The van der Waals surface area contributed by atoms with Gasteiger partial charge in [-0.2, -0.15) is 0 Å². The molecule has 4 nitrogen and oxygen atoms in total. The van der Waals surface area contributed by atoms with Crippen LogP contribution < -0.4 is 4.90 Å². The number of benzene rings is 2. The lowest BCUT2D eigenvalue weighted by molar-refractivity contribution is 0.0986. The lowest BCUT2D eigenvalue weighted by Crippen LogP contribution is -2.31. The van der Waals surface area contributed by atoms with E-state index in [1.165, 1.54) is 12.1 Å². The molecule has 0 radical (unpaired) electrons. The van der Waals surface area contributed by atoms with Gasteiger partial charge in [0.15, 0.2) is 0 Å². The fourth-order valence-electron chi connectivity index (χ4n) is 2.26. The van der Waals surface area contributed by atoms with Crippen molar-refractivity contribution < 1.29 is 15.0 Å². The van der Waals surface area contributed by atoms with Crippen LogP contribution >= 0.6 is 0 Å². The lowest BCUT2D eigenvalue weighted by atomic mass is 10.1. The Morgan fingerprint density at radius 3 is 2.00 bits per heavy atom. The maximum absolute atomic E-state index is 12.7. The van der Waals surface area contributed by atoms with Gasteiger partial charge in [-0.15, -0.1) is 0 Å². The Labute approximate surface area is 130 Å². The number of carbonyl (C=O) groups excluding carboxylic acids is 1. The molecule has 0 atom stereocenters. The summed E-state index contributed by atoms with van der Waals surface area (Å²) in [6.07, 6.45) is 3.05. The lowest BCUT2D eigenvalue weighted by Gasteiger charge is -2.23. The number of unbranched alkanes of at least 4 members (excludes halogenated alkanes) is 2. The van der Waals surface area contributed by atoms with Crippen molar-refractivity contribution in [2.24, 2.45) is 0 Å². The summed E-state index contributed by atoms with van der Waals surface area (Å²) in [5, 5.41) is 18.8. The van der Waals surface area contributed by atoms with Gasteiger partial charge in [-0.3, -0.25) is 4.79 Å². The summed E-state index contributed by atoms with van der Waals surface area (Å²) in [4.78, 5) is 14.4. The van der Waals surface area contributed by atoms with Crippen LogP contribution in [0.25, 0.3) is 0 Å². The third kappa shape index (κ3) is 4.01. The number of anilines is 1. The van der Waals surface area contributed by atoms with Crippen LogP contribution in [-0.4, -0.2) is 22.7 Å². The summed E-state index contributed by atoms with van der Waals surface area (Å²) in [6.45, 7) is 2.74. The van der Waals surface area contributed by atoms with Crippen LogP contribution in [-0.2, 0) is 0 Å². The molecular formula is C18H21NO3. The largest absolute Gasteiger partial charge is 0.508 e. The summed E-state index contributed by atoms with van der Waals surface area (Å²) in [6, 6.07) is 12.9. The molecule has 0 unspecified atom stereocenters.